The standard InChI is InChI=1S/C4H6INS/c1-6-3-7-2-4(6)5/h2H,3H2,1H3. The van der Waals surface area contributed by atoms with Crippen molar-refractivity contribution in [2.24, 2.45) is 0 Å². The number of thioether (sulfide) groups is 1. The number of rotatable bonds is 0. The van der Waals surface area contributed by atoms with Gasteiger partial charge in [-0.3, -0.25) is 0 Å². The lowest BCUT2D eigenvalue weighted by Gasteiger charge is -2.07. The summed E-state index contributed by atoms with van der Waals surface area (Å²) in [6, 6.07) is 0. The summed E-state index contributed by atoms with van der Waals surface area (Å²) in [7, 11) is 2.10. The van der Waals surface area contributed by atoms with Gasteiger partial charge in [-0.25, -0.2) is 0 Å². The lowest BCUT2D eigenvalue weighted by atomic mass is 10.9. The minimum absolute atomic E-state index is 1.12. The zero-order valence-electron chi connectivity index (χ0n) is 4.02. The minimum Gasteiger partial charge on any atom is -0.360 e. The molecule has 0 spiro atoms. The van der Waals surface area contributed by atoms with Crippen LogP contribution in [0.3, 0.4) is 0 Å². The van der Waals surface area contributed by atoms with Gasteiger partial charge in [0, 0.05) is 12.5 Å². The summed E-state index contributed by atoms with van der Waals surface area (Å²) in [5, 5.41) is 2.17. The van der Waals surface area contributed by atoms with Gasteiger partial charge in [0.05, 0.1) is 9.58 Å². The SMILES string of the molecule is CN1CSC=C1I. The van der Waals surface area contributed by atoms with Crippen LogP contribution in [0.25, 0.3) is 0 Å². The van der Waals surface area contributed by atoms with Crippen molar-refractivity contribution in [3.05, 3.63) is 9.11 Å². The van der Waals surface area contributed by atoms with Crippen molar-refractivity contribution in [2.45, 2.75) is 0 Å². The van der Waals surface area contributed by atoms with E-state index in [1.807, 2.05) is 11.8 Å². The maximum absolute atomic E-state index is 2.32. The molecule has 0 N–H and O–H groups in total. The van der Waals surface area contributed by atoms with Gasteiger partial charge in [-0.15, -0.1) is 11.8 Å². The van der Waals surface area contributed by atoms with Crippen LogP contribution < -0.4 is 0 Å². The van der Waals surface area contributed by atoms with Crippen LogP contribution in [-0.2, 0) is 0 Å². The fraction of sp³-hybridized carbons (Fsp3) is 0.500. The molecule has 0 radical (unpaired) electrons. The number of nitrogens with zero attached hydrogens (tertiary/aromatic N) is 1. The summed E-state index contributed by atoms with van der Waals surface area (Å²) in [6.45, 7) is 0. The summed E-state index contributed by atoms with van der Waals surface area (Å²) < 4.78 is 1.35. The van der Waals surface area contributed by atoms with Gasteiger partial charge in [0.2, 0.25) is 0 Å². The quantitative estimate of drug-likeness (QED) is 0.459. The highest BCUT2D eigenvalue weighted by molar-refractivity contribution is 14.1. The van der Waals surface area contributed by atoms with E-state index in [2.05, 4.69) is 39.9 Å². The molecule has 7 heavy (non-hydrogen) atoms. The summed E-state index contributed by atoms with van der Waals surface area (Å²) >= 11 is 4.17. The Morgan fingerprint density at radius 3 is 2.86 bits per heavy atom. The maximum atomic E-state index is 2.32. The van der Waals surface area contributed by atoms with E-state index in [0.29, 0.717) is 0 Å². The number of hydrogen-bond acceptors (Lipinski definition) is 2. The van der Waals surface area contributed by atoms with Gasteiger partial charge in [-0.05, 0) is 22.6 Å². The Hall–Kier alpha value is 0.620. The highest BCUT2D eigenvalue weighted by Gasteiger charge is 2.04. The second kappa shape index (κ2) is 2.26. The molecule has 0 bridgehead atoms. The van der Waals surface area contributed by atoms with Crippen LogP contribution in [0.1, 0.15) is 0 Å². The molecule has 1 nitrogen and oxygen atoms in total. The molecule has 0 saturated heterocycles. The zero-order valence-corrected chi connectivity index (χ0v) is 6.99. The van der Waals surface area contributed by atoms with Crippen molar-refractivity contribution >= 4 is 34.4 Å². The molecule has 0 aliphatic carbocycles. The first kappa shape index (κ1) is 5.75. The molecule has 1 aliphatic rings. The second-order valence-corrected chi connectivity index (χ2v) is 3.37. The molecule has 1 heterocycles. The molecular weight excluding hydrogens is 221 g/mol. The molecule has 1 aliphatic heterocycles. The van der Waals surface area contributed by atoms with E-state index < -0.39 is 0 Å². The summed E-state index contributed by atoms with van der Waals surface area (Å²) in [6.07, 6.45) is 0. The first-order valence-electron chi connectivity index (χ1n) is 1.99. The highest BCUT2D eigenvalue weighted by Crippen LogP contribution is 2.25. The topological polar surface area (TPSA) is 3.24 Å². The summed E-state index contributed by atoms with van der Waals surface area (Å²) in [5.41, 5.74) is 0. The Morgan fingerprint density at radius 1 is 2.00 bits per heavy atom. The first-order chi connectivity index (χ1) is 3.30. The van der Waals surface area contributed by atoms with Crippen molar-refractivity contribution in [3.8, 4) is 0 Å². The molecule has 0 atom stereocenters. The van der Waals surface area contributed by atoms with Crippen LogP contribution in [0.4, 0.5) is 0 Å². The molecular formula is C4H6INS. The normalized spacial score (nSPS) is 20.3. The van der Waals surface area contributed by atoms with Gasteiger partial charge in [0.25, 0.3) is 0 Å². The molecule has 0 saturated carbocycles. The fourth-order valence-electron chi connectivity index (χ4n) is 0.369. The average molecular weight is 227 g/mol. The zero-order chi connectivity index (χ0) is 5.28. The van der Waals surface area contributed by atoms with Gasteiger partial charge >= 0.3 is 0 Å². The van der Waals surface area contributed by atoms with E-state index >= 15 is 0 Å². The summed E-state index contributed by atoms with van der Waals surface area (Å²) in [4.78, 5) is 2.21. The van der Waals surface area contributed by atoms with Gasteiger partial charge < -0.3 is 4.90 Å². The van der Waals surface area contributed by atoms with Crippen molar-refractivity contribution < 1.29 is 0 Å². The Bertz CT molecular complexity index is 102. The Labute approximate surface area is 61.3 Å². The highest BCUT2D eigenvalue weighted by atomic mass is 127. The fourth-order valence-corrected chi connectivity index (χ4v) is 2.07. The molecule has 0 amide bonds. The maximum Gasteiger partial charge on any atom is 0.0826 e. The molecule has 0 fully saturated rings. The Balaban J connectivity index is 2.54. The van der Waals surface area contributed by atoms with E-state index in [0.717, 1.165) is 5.88 Å². The van der Waals surface area contributed by atoms with Crippen LogP contribution >= 0.6 is 34.4 Å². The van der Waals surface area contributed by atoms with E-state index in [4.69, 9.17) is 0 Å². The van der Waals surface area contributed by atoms with Gasteiger partial charge in [-0.2, -0.15) is 0 Å². The van der Waals surface area contributed by atoms with Crippen LogP contribution in [0, 0.1) is 0 Å². The Kier molecular flexibility index (Phi) is 1.86. The number of halogens is 1. The van der Waals surface area contributed by atoms with Crippen LogP contribution in [0.5, 0.6) is 0 Å². The van der Waals surface area contributed by atoms with Gasteiger partial charge in [-0.1, -0.05) is 0 Å². The average Bonchev–Trinajstić information content (AvgIpc) is 1.91. The van der Waals surface area contributed by atoms with Gasteiger partial charge in [0.1, 0.15) is 0 Å². The summed E-state index contributed by atoms with van der Waals surface area (Å²) in [5.74, 6) is 1.12. The largest absolute Gasteiger partial charge is 0.360 e. The van der Waals surface area contributed by atoms with Crippen molar-refractivity contribution in [3.63, 3.8) is 0 Å². The second-order valence-electron chi connectivity index (χ2n) is 1.43. The van der Waals surface area contributed by atoms with Crippen LogP contribution in [-0.4, -0.2) is 17.8 Å². The molecule has 0 unspecified atom stereocenters. The monoisotopic (exact) mass is 227 g/mol. The van der Waals surface area contributed by atoms with E-state index in [9.17, 15) is 0 Å². The predicted octanol–water partition coefficient (Wildman–Crippen LogP) is 1.86. The minimum atomic E-state index is 1.12. The van der Waals surface area contributed by atoms with E-state index in [1.54, 1.807) is 0 Å². The van der Waals surface area contributed by atoms with Crippen molar-refractivity contribution in [1.29, 1.82) is 0 Å². The predicted molar refractivity (Wildman–Crippen MR) is 42.3 cm³/mol. The van der Waals surface area contributed by atoms with Gasteiger partial charge in [0.15, 0.2) is 0 Å². The van der Waals surface area contributed by atoms with Crippen LogP contribution in [0.15, 0.2) is 9.11 Å². The third-order valence-electron chi connectivity index (χ3n) is 0.813. The van der Waals surface area contributed by atoms with Crippen molar-refractivity contribution in [1.82, 2.24) is 4.90 Å². The van der Waals surface area contributed by atoms with Crippen molar-refractivity contribution in [2.75, 3.05) is 12.9 Å². The molecule has 0 aromatic rings. The lowest BCUT2D eigenvalue weighted by molar-refractivity contribution is 0.546. The van der Waals surface area contributed by atoms with E-state index in [1.165, 1.54) is 3.70 Å². The molecule has 0 aromatic carbocycles. The smallest absolute Gasteiger partial charge is 0.0826 e. The first-order valence-corrected chi connectivity index (χ1v) is 4.12. The third kappa shape index (κ3) is 1.25. The lowest BCUT2D eigenvalue weighted by Crippen LogP contribution is -2.07. The number of hydrogen-bond donors (Lipinski definition) is 0. The molecule has 1 rings (SSSR count). The third-order valence-corrected chi connectivity index (χ3v) is 3.30. The van der Waals surface area contributed by atoms with Crippen LogP contribution in [0.2, 0.25) is 0 Å². The molecule has 40 valence electrons. The van der Waals surface area contributed by atoms with E-state index in [-0.39, 0.29) is 0 Å². The Morgan fingerprint density at radius 2 is 2.71 bits per heavy atom. The molecule has 0 aromatic heterocycles. The molecule has 3 heteroatoms.